The van der Waals surface area contributed by atoms with Gasteiger partial charge in [-0.05, 0) is 19.5 Å². The van der Waals surface area contributed by atoms with Gasteiger partial charge in [0.1, 0.15) is 0 Å². The Morgan fingerprint density at radius 3 is 2.89 bits per heavy atom. The third kappa shape index (κ3) is 5.60. The van der Waals surface area contributed by atoms with E-state index < -0.39 is 0 Å². The zero-order valence-electron chi connectivity index (χ0n) is 12.2. The Kier molecular flexibility index (Phi) is 6.90. The minimum absolute atomic E-state index is 0.759. The van der Waals surface area contributed by atoms with Gasteiger partial charge in [-0.15, -0.1) is 5.10 Å². The second-order valence-electron chi connectivity index (χ2n) is 5.03. The van der Waals surface area contributed by atoms with E-state index in [1.54, 1.807) is 0 Å². The van der Waals surface area contributed by atoms with Gasteiger partial charge in [-0.2, -0.15) is 0 Å². The average Bonchev–Trinajstić information content (AvgIpc) is 2.81. The van der Waals surface area contributed by atoms with Crippen molar-refractivity contribution in [2.45, 2.75) is 40.3 Å². The Morgan fingerprint density at radius 1 is 1.44 bits per heavy atom. The maximum atomic E-state index is 4.14. The lowest BCUT2D eigenvalue weighted by atomic mass is 10.1. The van der Waals surface area contributed by atoms with Crippen LogP contribution in [0.25, 0.3) is 0 Å². The summed E-state index contributed by atoms with van der Waals surface area (Å²) in [4.78, 5) is 2.36. The molecule has 1 N–H and O–H groups in total. The first-order valence-corrected chi connectivity index (χ1v) is 6.94. The van der Waals surface area contributed by atoms with Gasteiger partial charge in [-0.1, -0.05) is 32.4 Å². The second kappa shape index (κ2) is 8.21. The van der Waals surface area contributed by atoms with Crippen LogP contribution in [-0.4, -0.2) is 46.6 Å². The van der Waals surface area contributed by atoms with E-state index >= 15 is 0 Å². The number of rotatable bonds is 9. The van der Waals surface area contributed by atoms with Crippen LogP contribution in [0.3, 0.4) is 0 Å². The third-order valence-corrected chi connectivity index (χ3v) is 3.17. The molecule has 1 heterocycles. The lowest BCUT2D eigenvalue weighted by Gasteiger charge is -2.19. The first-order chi connectivity index (χ1) is 8.65. The van der Waals surface area contributed by atoms with E-state index in [0.717, 1.165) is 44.3 Å². The minimum Gasteiger partial charge on any atom is -0.311 e. The molecule has 0 radical (unpaired) electrons. The SMILES string of the molecule is CCNCc1cn(CCN(C)CC(C)CC)nn1. The van der Waals surface area contributed by atoms with Gasteiger partial charge >= 0.3 is 0 Å². The lowest BCUT2D eigenvalue weighted by molar-refractivity contribution is 0.267. The van der Waals surface area contributed by atoms with Crippen LogP contribution < -0.4 is 5.32 Å². The molecule has 0 bridgehead atoms. The largest absolute Gasteiger partial charge is 0.311 e. The third-order valence-electron chi connectivity index (χ3n) is 3.17. The van der Waals surface area contributed by atoms with Crippen LogP contribution in [0.5, 0.6) is 0 Å². The Morgan fingerprint density at radius 2 is 2.22 bits per heavy atom. The van der Waals surface area contributed by atoms with Crippen molar-refractivity contribution in [3.8, 4) is 0 Å². The van der Waals surface area contributed by atoms with Crippen molar-refractivity contribution in [3.63, 3.8) is 0 Å². The molecule has 1 aromatic heterocycles. The number of hydrogen-bond donors (Lipinski definition) is 1. The van der Waals surface area contributed by atoms with Crippen LogP contribution in [0.4, 0.5) is 0 Å². The highest BCUT2D eigenvalue weighted by Gasteiger charge is 2.05. The number of nitrogens with one attached hydrogen (secondary N) is 1. The quantitative estimate of drug-likeness (QED) is 0.722. The summed E-state index contributed by atoms with van der Waals surface area (Å²) in [7, 11) is 2.17. The number of aromatic nitrogens is 3. The van der Waals surface area contributed by atoms with Gasteiger partial charge in [0.05, 0.1) is 12.2 Å². The van der Waals surface area contributed by atoms with Crippen LogP contribution in [0.2, 0.25) is 0 Å². The van der Waals surface area contributed by atoms with Crippen molar-refractivity contribution >= 4 is 0 Å². The molecular weight excluding hydrogens is 226 g/mol. The summed E-state index contributed by atoms with van der Waals surface area (Å²) in [6, 6.07) is 0. The van der Waals surface area contributed by atoms with Gasteiger partial charge in [0.15, 0.2) is 0 Å². The summed E-state index contributed by atoms with van der Waals surface area (Å²) in [5.74, 6) is 0.759. The normalized spacial score (nSPS) is 13.2. The van der Waals surface area contributed by atoms with E-state index in [1.165, 1.54) is 6.42 Å². The molecule has 0 aliphatic rings. The minimum atomic E-state index is 0.759. The van der Waals surface area contributed by atoms with Gasteiger partial charge in [0.2, 0.25) is 0 Å². The summed E-state index contributed by atoms with van der Waals surface area (Å²) >= 11 is 0. The van der Waals surface area contributed by atoms with Crippen molar-refractivity contribution in [3.05, 3.63) is 11.9 Å². The summed E-state index contributed by atoms with van der Waals surface area (Å²) in [5, 5.41) is 11.5. The van der Waals surface area contributed by atoms with Crippen LogP contribution in [0.1, 0.15) is 32.9 Å². The van der Waals surface area contributed by atoms with Gasteiger partial charge in [-0.25, -0.2) is 0 Å². The topological polar surface area (TPSA) is 46.0 Å². The standard InChI is InChI=1S/C13H27N5/c1-5-12(3)10-17(4)7-8-18-11-13(15-16-18)9-14-6-2/h11-12,14H,5-10H2,1-4H3. The molecule has 0 aromatic carbocycles. The molecule has 0 saturated heterocycles. The summed E-state index contributed by atoms with van der Waals surface area (Å²) in [5.41, 5.74) is 1.02. The van der Waals surface area contributed by atoms with E-state index in [1.807, 2.05) is 10.9 Å². The Bertz CT molecular complexity index is 323. The van der Waals surface area contributed by atoms with Gasteiger partial charge < -0.3 is 10.2 Å². The molecule has 0 saturated carbocycles. The van der Waals surface area contributed by atoms with Gasteiger partial charge in [0, 0.05) is 25.8 Å². The van der Waals surface area contributed by atoms with Crippen molar-refractivity contribution in [1.29, 1.82) is 0 Å². The molecule has 0 fully saturated rings. The molecule has 104 valence electrons. The molecule has 18 heavy (non-hydrogen) atoms. The monoisotopic (exact) mass is 253 g/mol. The van der Waals surface area contributed by atoms with Gasteiger partial charge in [-0.3, -0.25) is 4.68 Å². The molecule has 1 aromatic rings. The maximum Gasteiger partial charge on any atom is 0.0964 e. The smallest absolute Gasteiger partial charge is 0.0964 e. The first kappa shape index (κ1) is 15.1. The van der Waals surface area contributed by atoms with E-state index in [4.69, 9.17) is 0 Å². The molecule has 0 amide bonds. The number of hydrogen-bond acceptors (Lipinski definition) is 4. The summed E-state index contributed by atoms with van der Waals surface area (Å²) in [6.07, 6.45) is 3.26. The van der Waals surface area contributed by atoms with Crippen LogP contribution in [0, 0.1) is 5.92 Å². The molecule has 5 nitrogen and oxygen atoms in total. The summed E-state index contributed by atoms with van der Waals surface area (Å²) in [6.45, 7) is 11.5. The Labute approximate surface area is 111 Å². The number of likely N-dealkylation sites (N-methyl/N-ethyl adjacent to an activating group) is 1. The molecule has 5 heteroatoms. The zero-order valence-corrected chi connectivity index (χ0v) is 12.2. The fourth-order valence-corrected chi connectivity index (χ4v) is 1.81. The molecule has 0 aliphatic heterocycles. The number of nitrogens with zero attached hydrogens (tertiary/aromatic N) is 4. The highest BCUT2D eigenvalue weighted by molar-refractivity contribution is 4.91. The first-order valence-electron chi connectivity index (χ1n) is 6.94. The van der Waals surface area contributed by atoms with Crippen molar-refractivity contribution in [2.24, 2.45) is 5.92 Å². The Hall–Kier alpha value is -0.940. The lowest BCUT2D eigenvalue weighted by Crippen LogP contribution is -2.28. The Balaban J connectivity index is 2.27. The molecular formula is C13H27N5. The predicted molar refractivity (Wildman–Crippen MR) is 74.4 cm³/mol. The van der Waals surface area contributed by atoms with E-state index in [9.17, 15) is 0 Å². The molecule has 1 atom stereocenters. The fourth-order valence-electron chi connectivity index (χ4n) is 1.81. The van der Waals surface area contributed by atoms with Crippen molar-refractivity contribution < 1.29 is 0 Å². The van der Waals surface area contributed by atoms with Crippen LogP contribution in [-0.2, 0) is 13.1 Å². The maximum absolute atomic E-state index is 4.14. The second-order valence-corrected chi connectivity index (χ2v) is 5.03. The van der Waals surface area contributed by atoms with Crippen LogP contribution >= 0.6 is 0 Å². The molecule has 1 unspecified atom stereocenters. The molecule has 0 aliphatic carbocycles. The predicted octanol–water partition coefficient (Wildman–Crippen LogP) is 1.37. The summed E-state index contributed by atoms with van der Waals surface area (Å²) < 4.78 is 1.93. The van der Waals surface area contributed by atoms with Crippen LogP contribution in [0.15, 0.2) is 6.20 Å². The van der Waals surface area contributed by atoms with Gasteiger partial charge in [0.25, 0.3) is 0 Å². The highest BCUT2D eigenvalue weighted by atomic mass is 15.4. The molecule has 1 rings (SSSR count). The average molecular weight is 253 g/mol. The fraction of sp³-hybridized carbons (Fsp3) is 0.846. The highest BCUT2D eigenvalue weighted by Crippen LogP contribution is 2.02. The molecule has 0 spiro atoms. The van der Waals surface area contributed by atoms with E-state index in [2.05, 4.69) is 48.3 Å². The zero-order chi connectivity index (χ0) is 13.4. The van der Waals surface area contributed by atoms with E-state index in [0.29, 0.717) is 0 Å². The van der Waals surface area contributed by atoms with E-state index in [-0.39, 0.29) is 0 Å². The van der Waals surface area contributed by atoms with Crippen molar-refractivity contribution in [1.82, 2.24) is 25.2 Å². The van der Waals surface area contributed by atoms with Crippen molar-refractivity contribution in [2.75, 3.05) is 26.7 Å².